The third-order valence-corrected chi connectivity index (χ3v) is 3.07. The maximum Gasteiger partial charge on any atom is 0.417 e. The summed E-state index contributed by atoms with van der Waals surface area (Å²) in [6.07, 6.45) is 4.13. The first-order valence-corrected chi connectivity index (χ1v) is 6.83. The molecule has 3 rings (SSSR count). The zero-order valence-corrected chi connectivity index (χ0v) is 12.6. The summed E-state index contributed by atoms with van der Waals surface area (Å²) < 4.78 is 12.6. The van der Waals surface area contributed by atoms with E-state index in [0.29, 0.717) is 12.4 Å². The summed E-state index contributed by atoms with van der Waals surface area (Å²) in [6.45, 7) is 8.40. The molecule has 0 spiro atoms. The van der Waals surface area contributed by atoms with Crippen LogP contribution in [0.15, 0.2) is 29.0 Å². The van der Waals surface area contributed by atoms with E-state index in [-0.39, 0.29) is 11.5 Å². The van der Waals surface area contributed by atoms with E-state index in [0.717, 1.165) is 11.3 Å². The predicted octanol–water partition coefficient (Wildman–Crippen LogP) is 2.90. The lowest BCUT2D eigenvalue weighted by Gasteiger charge is -2.10. The highest BCUT2D eigenvalue weighted by Gasteiger charge is 2.21. The standard InChI is InChI=1S/C15H18N4O2/c1-10-5-6-12-16-11(8-19(12)7-10)9-20-14-17-13(18-21-14)15(2,3)4/h5-8H,9H2,1-4H3. The number of hydrogen-bond acceptors (Lipinski definition) is 5. The van der Waals surface area contributed by atoms with Crippen molar-refractivity contribution in [1.29, 1.82) is 0 Å². The Labute approximate surface area is 122 Å². The topological polar surface area (TPSA) is 65.5 Å². The number of hydrogen-bond donors (Lipinski definition) is 0. The van der Waals surface area contributed by atoms with Gasteiger partial charge in [0.2, 0.25) is 0 Å². The van der Waals surface area contributed by atoms with Crippen molar-refractivity contribution in [2.45, 2.75) is 39.7 Å². The van der Waals surface area contributed by atoms with E-state index in [2.05, 4.69) is 15.1 Å². The van der Waals surface area contributed by atoms with Crippen molar-refractivity contribution in [3.8, 4) is 6.08 Å². The lowest BCUT2D eigenvalue weighted by atomic mass is 9.96. The van der Waals surface area contributed by atoms with Crippen LogP contribution in [0.3, 0.4) is 0 Å². The lowest BCUT2D eigenvalue weighted by molar-refractivity contribution is 0.192. The zero-order chi connectivity index (χ0) is 15.0. The van der Waals surface area contributed by atoms with E-state index >= 15 is 0 Å². The van der Waals surface area contributed by atoms with Crippen molar-refractivity contribution in [2.24, 2.45) is 0 Å². The molecule has 0 radical (unpaired) electrons. The van der Waals surface area contributed by atoms with Gasteiger partial charge < -0.3 is 9.14 Å². The van der Waals surface area contributed by atoms with Crippen LogP contribution < -0.4 is 4.74 Å². The fourth-order valence-corrected chi connectivity index (χ4v) is 1.93. The van der Waals surface area contributed by atoms with Crippen LogP contribution in [-0.2, 0) is 12.0 Å². The summed E-state index contributed by atoms with van der Waals surface area (Å²) in [7, 11) is 0. The van der Waals surface area contributed by atoms with E-state index in [1.54, 1.807) is 0 Å². The first-order chi connectivity index (χ1) is 9.91. The third kappa shape index (κ3) is 2.89. The van der Waals surface area contributed by atoms with Crippen LogP contribution >= 0.6 is 0 Å². The molecule has 0 bridgehead atoms. The van der Waals surface area contributed by atoms with Crippen molar-refractivity contribution in [3.05, 3.63) is 41.6 Å². The van der Waals surface area contributed by atoms with Gasteiger partial charge in [-0.3, -0.25) is 4.52 Å². The van der Waals surface area contributed by atoms with Gasteiger partial charge in [0.05, 0.1) is 5.69 Å². The van der Waals surface area contributed by atoms with Gasteiger partial charge in [0, 0.05) is 17.8 Å². The second-order valence-electron chi connectivity index (χ2n) is 6.13. The SMILES string of the molecule is Cc1ccc2nc(COc3nc(C(C)(C)C)no3)cn2c1. The monoisotopic (exact) mass is 286 g/mol. The molecule has 0 fully saturated rings. The first-order valence-electron chi connectivity index (χ1n) is 6.83. The molecule has 0 N–H and O–H groups in total. The Bertz CT molecular complexity index is 767. The highest BCUT2D eigenvalue weighted by atomic mass is 16.6. The number of ether oxygens (including phenoxy) is 1. The Morgan fingerprint density at radius 3 is 2.71 bits per heavy atom. The molecule has 0 unspecified atom stereocenters. The molecule has 0 saturated heterocycles. The summed E-state index contributed by atoms with van der Waals surface area (Å²) in [5.41, 5.74) is 2.72. The van der Waals surface area contributed by atoms with Gasteiger partial charge in [0.1, 0.15) is 12.3 Å². The van der Waals surface area contributed by atoms with Crippen LogP contribution in [0.1, 0.15) is 37.9 Å². The third-order valence-electron chi connectivity index (χ3n) is 3.07. The Balaban J connectivity index is 1.73. The van der Waals surface area contributed by atoms with Crippen molar-refractivity contribution >= 4 is 5.65 Å². The average molecular weight is 286 g/mol. The van der Waals surface area contributed by atoms with E-state index < -0.39 is 0 Å². The van der Waals surface area contributed by atoms with Crippen molar-refractivity contribution in [1.82, 2.24) is 19.5 Å². The number of aromatic nitrogens is 4. The fourth-order valence-electron chi connectivity index (χ4n) is 1.93. The van der Waals surface area contributed by atoms with Gasteiger partial charge in [-0.05, 0) is 18.6 Å². The minimum Gasteiger partial charge on any atom is -0.442 e. The predicted molar refractivity (Wildman–Crippen MR) is 77.3 cm³/mol. The molecule has 21 heavy (non-hydrogen) atoms. The summed E-state index contributed by atoms with van der Waals surface area (Å²) in [4.78, 5) is 8.70. The van der Waals surface area contributed by atoms with Crippen LogP contribution in [0.25, 0.3) is 5.65 Å². The Morgan fingerprint density at radius 2 is 2.00 bits per heavy atom. The van der Waals surface area contributed by atoms with E-state index in [1.165, 1.54) is 5.56 Å². The smallest absolute Gasteiger partial charge is 0.417 e. The van der Waals surface area contributed by atoms with Gasteiger partial charge in [-0.1, -0.05) is 32.0 Å². The molecule has 0 aliphatic rings. The van der Waals surface area contributed by atoms with Gasteiger partial charge >= 0.3 is 6.08 Å². The molecule has 6 nitrogen and oxygen atoms in total. The molecule has 6 heteroatoms. The number of nitrogens with zero attached hydrogens (tertiary/aromatic N) is 4. The Morgan fingerprint density at radius 1 is 1.19 bits per heavy atom. The molecule has 3 aromatic rings. The molecule has 0 atom stereocenters. The average Bonchev–Trinajstić information content (AvgIpc) is 3.01. The van der Waals surface area contributed by atoms with E-state index in [4.69, 9.17) is 9.26 Å². The number of pyridine rings is 1. The zero-order valence-electron chi connectivity index (χ0n) is 12.6. The molecule has 3 heterocycles. The molecular formula is C15H18N4O2. The fraction of sp³-hybridized carbons (Fsp3) is 0.400. The largest absolute Gasteiger partial charge is 0.442 e. The normalized spacial score (nSPS) is 12.0. The highest BCUT2D eigenvalue weighted by molar-refractivity contribution is 5.41. The van der Waals surface area contributed by atoms with Crippen LogP contribution in [0.2, 0.25) is 0 Å². The number of fused-ring (bicyclic) bond motifs is 1. The van der Waals surface area contributed by atoms with E-state index in [1.807, 2.05) is 56.6 Å². The van der Waals surface area contributed by atoms with Crippen LogP contribution in [-0.4, -0.2) is 19.5 Å². The lowest BCUT2D eigenvalue weighted by Crippen LogP contribution is -2.13. The van der Waals surface area contributed by atoms with Gasteiger partial charge in [-0.15, -0.1) is 0 Å². The van der Waals surface area contributed by atoms with Crippen molar-refractivity contribution in [3.63, 3.8) is 0 Å². The summed E-state index contributed by atoms with van der Waals surface area (Å²) in [5.74, 6) is 0.628. The molecule has 0 aliphatic heterocycles. The maximum absolute atomic E-state index is 5.51. The summed E-state index contributed by atoms with van der Waals surface area (Å²) in [5, 5.41) is 3.92. The van der Waals surface area contributed by atoms with Gasteiger partial charge in [0.25, 0.3) is 0 Å². The van der Waals surface area contributed by atoms with Crippen LogP contribution in [0, 0.1) is 6.92 Å². The van der Waals surface area contributed by atoms with Crippen LogP contribution in [0.4, 0.5) is 0 Å². The number of aryl methyl sites for hydroxylation is 1. The van der Waals surface area contributed by atoms with Crippen molar-refractivity contribution in [2.75, 3.05) is 0 Å². The van der Waals surface area contributed by atoms with Gasteiger partial charge in [-0.25, -0.2) is 4.98 Å². The Hall–Kier alpha value is -2.37. The molecule has 110 valence electrons. The second-order valence-corrected chi connectivity index (χ2v) is 6.13. The minimum atomic E-state index is -0.161. The molecule has 0 aliphatic carbocycles. The number of imidazole rings is 1. The first kappa shape index (κ1) is 13.6. The van der Waals surface area contributed by atoms with Crippen molar-refractivity contribution < 1.29 is 9.26 Å². The van der Waals surface area contributed by atoms with Crippen LogP contribution in [0.5, 0.6) is 6.08 Å². The minimum absolute atomic E-state index is 0.161. The molecule has 0 amide bonds. The summed E-state index contributed by atoms with van der Waals surface area (Å²) >= 11 is 0. The van der Waals surface area contributed by atoms with E-state index in [9.17, 15) is 0 Å². The molecule has 0 saturated carbocycles. The van der Waals surface area contributed by atoms with Gasteiger partial charge in [0.15, 0.2) is 5.82 Å². The quantitative estimate of drug-likeness (QED) is 0.740. The Kier molecular flexibility index (Phi) is 3.16. The number of rotatable bonds is 3. The summed E-state index contributed by atoms with van der Waals surface area (Å²) in [6, 6.07) is 4.00. The molecule has 3 aromatic heterocycles. The molecular weight excluding hydrogens is 268 g/mol. The van der Waals surface area contributed by atoms with Gasteiger partial charge in [-0.2, -0.15) is 4.98 Å². The highest BCUT2D eigenvalue weighted by Crippen LogP contribution is 2.21. The second kappa shape index (κ2) is 4.87. The molecule has 0 aromatic carbocycles. The maximum atomic E-state index is 5.51.